The fraction of sp³-hybridized carbons (Fsp3) is 0.644. The number of nitrogens with one attached hydrogen (secondary N) is 1. The van der Waals surface area contributed by atoms with Gasteiger partial charge < -0.3 is 38.9 Å². The summed E-state index contributed by atoms with van der Waals surface area (Å²) in [6.45, 7) is 7.00. The first kappa shape index (κ1) is 67.2. The van der Waals surface area contributed by atoms with E-state index in [9.17, 15) is 56.3 Å². The van der Waals surface area contributed by atoms with Crippen LogP contribution in [0, 0.1) is 0 Å². The van der Waals surface area contributed by atoms with Gasteiger partial charge in [0.1, 0.15) is 5.75 Å². The summed E-state index contributed by atoms with van der Waals surface area (Å²) in [6, 6.07) is 8.74. The van der Waals surface area contributed by atoms with Crippen LogP contribution in [-0.4, -0.2) is 53.1 Å². The zero-order valence-electron chi connectivity index (χ0n) is 46.5. The van der Waals surface area contributed by atoms with Crippen molar-refractivity contribution in [2.45, 2.75) is 244 Å². The monoisotopic (exact) mass is 1120 g/mol. The molecule has 0 saturated heterocycles. The highest BCUT2D eigenvalue weighted by Gasteiger charge is 2.56. The number of fused-ring (bicyclic) bond motifs is 1. The molecule has 3 aromatic rings. The van der Waals surface area contributed by atoms with Gasteiger partial charge in [0.2, 0.25) is 5.91 Å². The number of alkyl halides is 3. The van der Waals surface area contributed by atoms with E-state index in [1.54, 1.807) is 23.6 Å². The van der Waals surface area contributed by atoms with Crippen molar-refractivity contribution in [2.24, 2.45) is 0 Å². The normalized spacial score (nSPS) is 12.6. The van der Waals surface area contributed by atoms with Crippen molar-refractivity contribution >= 4 is 49.6 Å². The lowest BCUT2D eigenvalue weighted by atomic mass is 10.0. The average molecular weight is 1120 g/mol. The Morgan fingerprint density at radius 1 is 0.597 bits per heavy atom. The van der Waals surface area contributed by atoms with Crippen molar-refractivity contribution in [3.8, 4) is 22.8 Å². The molecule has 1 heterocycles. The van der Waals surface area contributed by atoms with Gasteiger partial charge >= 0.3 is 33.3 Å². The minimum absolute atomic E-state index is 0.000273. The number of aryl methyl sites for hydroxylation is 1. The molecule has 18 heteroatoms. The van der Waals surface area contributed by atoms with E-state index in [0.717, 1.165) is 77.0 Å². The Bertz CT molecular complexity index is 2370. The number of nitrogens with zero attached hydrogens (tertiary/aromatic N) is 1. The van der Waals surface area contributed by atoms with Gasteiger partial charge in [-0.25, -0.2) is 0 Å². The minimum Gasteiger partial charge on any atom is -0.427 e. The number of ether oxygens (including phenoxy) is 2. The number of hydrogen-bond acceptors (Lipinski definition) is 7. The summed E-state index contributed by atoms with van der Waals surface area (Å²) in [5, 5.41) is 2.53. The van der Waals surface area contributed by atoms with E-state index in [4.69, 9.17) is 9.47 Å². The number of rotatable bonds is 41. The van der Waals surface area contributed by atoms with Gasteiger partial charge in [-0.3, -0.25) is 23.5 Å². The van der Waals surface area contributed by atoms with Crippen LogP contribution >= 0.6 is 15.2 Å². The van der Waals surface area contributed by atoms with Gasteiger partial charge in [-0.05, 0) is 126 Å². The van der Waals surface area contributed by atoms with Crippen molar-refractivity contribution in [1.29, 1.82) is 0 Å². The molecule has 2 aromatic carbocycles. The summed E-state index contributed by atoms with van der Waals surface area (Å²) in [7, 11) is -11.0. The average Bonchev–Trinajstić information content (AvgIpc) is 3.65. The van der Waals surface area contributed by atoms with Crippen molar-refractivity contribution in [1.82, 2.24) is 4.57 Å². The van der Waals surface area contributed by atoms with Crippen LogP contribution in [0.2, 0.25) is 0 Å². The van der Waals surface area contributed by atoms with E-state index >= 15 is 0 Å². The van der Waals surface area contributed by atoms with Crippen LogP contribution in [0.4, 0.5) is 18.9 Å². The van der Waals surface area contributed by atoms with Crippen LogP contribution in [-0.2, 0) is 36.5 Å². The van der Waals surface area contributed by atoms with E-state index in [1.165, 1.54) is 101 Å². The third-order valence-electron chi connectivity index (χ3n) is 14.2. The molecule has 5 N–H and O–H groups in total. The predicted octanol–water partition coefficient (Wildman–Crippen LogP) is 17.1. The molecule has 0 unspecified atom stereocenters. The van der Waals surface area contributed by atoms with E-state index in [-0.39, 0.29) is 58.7 Å². The summed E-state index contributed by atoms with van der Waals surface area (Å²) >= 11 is 0. The predicted molar refractivity (Wildman–Crippen MR) is 303 cm³/mol. The summed E-state index contributed by atoms with van der Waals surface area (Å²) in [4.78, 5) is 76.3. The summed E-state index contributed by atoms with van der Waals surface area (Å²) < 4.78 is 81.2. The maximum Gasteiger partial charge on any atom is 0.393 e. The van der Waals surface area contributed by atoms with Crippen LogP contribution < -0.4 is 14.8 Å². The van der Waals surface area contributed by atoms with Crippen LogP contribution in [0.15, 0.2) is 60.7 Å². The van der Waals surface area contributed by atoms with Crippen molar-refractivity contribution in [3.05, 3.63) is 66.3 Å². The molecule has 1 amide bonds. The van der Waals surface area contributed by atoms with Crippen LogP contribution in [0.1, 0.15) is 226 Å². The van der Waals surface area contributed by atoms with Crippen LogP contribution in [0.25, 0.3) is 22.2 Å². The van der Waals surface area contributed by atoms with Crippen molar-refractivity contribution < 1.29 is 65.7 Å². The Balaban J connectivity index is 1.76. The molecule has 3 rings (SSSR count). The third kappa shape index (κ3) is 24.9. The highest BCUT2D eigenvalue weighted by molar-refractivity contribution is 7.72. The topological polar surface area (TPSA) is 202 Å². The number of anilines is 1. The molecule has 0 bridgehead atoms. The second-order valence-electron chi connectivity index (χ2n) is 20.7. The van der Waals surface area contributed by atoms with Crippen molar-refractivity contribution in [2.75, 3.05) is 5.32 Å². The Morgan fingerprint density at radius 2 is 1.03 bits per heavy atom. The van der Waals surface area contributed by atoms with Gasteiger partial charge in [0, 0.05) is 37.3 Å². The summed E-state index contributed by atoms with van der Waals surface area (Å²) in [5.74, 6) is -2.07. The number of esters is 2. The summed E-state index contributed by atoms with van der Waals surface area (Å²) in [5.41, 5.74) is 0.391. The molecule has 13 nitrogen and oxygen atoms in total. The molecule has 0 spiro atoms. The lowest BCUT2D eigenvalue weighted by molar-refractivity contribution is -0.135. The number of carbonyl (C=O) groups excluding carboxylic acids is 3. The number of aromatic nitrogens is 1. The first-order valence-electron chi connectivity index (χ1n) is 28.6. The highest BCUT2D eigenvalue weighted by atomic mass is 31.2. The van der Waals surface area contributed by atoms with Crippen LogP contribution in [0.5, 0.6) is 11.5 Å². The Labute approximate surface area is 456 Å². The van der Waals surface area contributed by atoms with E-state index in [1.807, 2.05) is 0 Å². The molecule has 0 aliphatic rings. The zero-order chi connectivity index (χ0) is 56.7. The first-order valence-corrected chi connectivity index (χ1v) is 31.9. The van der Waals surface area contributed by atoms with E-state index in [2.05, 4.69) is 43.5 Å². The number of allylic oxidation sites excluding steroid dienone is 4. The molecule has 0 aliphatic heterocycles. The number of benzene rings is 2. The fourth-order valence-corrected chi connectivity index (χ4v) is 11.6. The number of carbonyl (C=O) groups is 3. The largest absolute Gasteiger partial charge is 0.427 e. The Kier molecular flexibility index (Phi) is 31.0. The first-order chi connectivity index (χ1) is 36.7. The van der Waals surface area contributed by atoms with Gasteiger partial charge in [-0.2, -0.15) is 13.2 Å². The molecular weight excluding hydrogens is 1030 g/mol. The van der Waals surface area contributed by atoms with Crippen molar-refractivity contribution in [3.63, 3.8) is 0 Å². The maximum atomic E-state index is 14.5. The molecule has 0 radical (unpaired) electrons. The second-order valence-corrected chi connectivity index (χ2v) is 25.2. The zero-order valence-corrected chi connectivity index (χ0v) is 48.3. The van der Waals surface area contributed by atoms with Gasteiger partial charge in [-0.1, -0.05) is 141 Å². The number of unbranched alkanes of at least 4 members (excludes halogenated alkanes) is 22. The van der Waals surface area contributed by atoms with Gasteiger partial charge in [0.25, 0.3) is 0 Å². The molecule has 0 aliphatic carbocycles. The molecule has 0 atom stereocenters. The number of hydrogen-bond donors (Lipinski definition) is 5. The maximum absolute atomic E-state index is 14.5. The smallest absolute Gasteiger partial charge is 0.393 e. The van der Waals surface area contributed by atoms with Crippen LogP contribution in [0.3, 0.4) is 0 Å². The molecule has 0 fully saturated rings. The molecule has 434 valence electrons. The molecule has 0 saturated carbocycles. The standard InChI is InChI=1S/C59H91F3N2O11P2/c1-5-8-10-12-14-16-18-20-22-24-26-28-30-32-34-36-55(66)74-48-40-38-47(39-41-48)57-50(46-59(60,61)62)49-44-51(63-54(65)42-43-58(4,76(68,69)70)77(71,72)73)53(45-52(49)64(57)7-3)75-56(67)37-35-33-31-29-27-25-23-21-19-17-15-13-11-9-6-2/h20-23,38-41,44-45H,5-19,24-37,42-43,46H2,1-4H3,(H,63,65)(H2,68,69,70)(H2,71,72,73). The minimum atomic E-state index is -5.48. The molecule has 1 aromatic heterocycles. The number of halogens is 3. The molecular formula is C59H91F3N2O11P2. The third-order valence-corrected chi connectivity index (χ3v) is 18.7. The quantitative estimate of drug-likeness (QED) is 0.0119. The second kappa shape index (κ2) is 35.5. The fourth-order valence-electron chi connectivity index (χ4n) is 9.41. The molecule has 77 heavy (non-hydrogen) atoms. The van der Waals surface area contributed by atoms with Gasteiger partial charge in [0.05, 0.1) is 23.3 Å². The highest BCUT2D eigenvalue weighted by Crippen LogP contribution is 2.70. The lowest BCUT2D eigenvalue weighted by Gasteiger charge is -2.30. The number of amides is 1. The van der Waals surface area contributed by atoms with E-state index < -0.39 is 63.4 Å². The Morgan fingerprint density at radius 3 is 1.45 bits per heavy atom. The SMILES string of the molecule is CCCCCCCCC=CCCCCCCCC(=O)Oc1ccc(-c2c(CC(F)(F)F)c3cc(NC(=O)CCC(C)(P(=O)(O)O)P(=O)(O)O)c(OC(=O)CCCCCCCC=CCCCCCCCC)cc3n2CC)cc1. The van der Waals surface area contributed by atoms with E-state index in [0.29, 0.717) is 25.3 Å². The van der Waals surface area contributed by atoms with Gasteiger partial charge in [-0.15, -0.1) is 0 Å². The van der Waals surface area contributed by atoms with Gasteiger partial charge in [0.15, 0.2) is 10.6 Å². The summed E-state index contributed by atoms with van der Waals surface area (Å²) in [6.07, 6.45) is 29.8. The lowest BCUT2D eigenvalue weighted by Crippen LogP contribution is -2.27. The Hall–Kier alpha value is -4.04.